The maximum atomic E-state index is 13.4. The van der Waals surface area contributed by atoms with Crippen molar-refractivity contribution >= 4 is 16.9 Å². The normalized spacial score (nSPS) is 11.8. The minimum absolute atomic E-state index is 0.255. The van der Waals surface area contributed by atoms with Gasteiger partial charge in [0, 0.05) is 12.4 Å². The van der Waals surface area contributed by atoms with Crippen LogP contribution in [0.15, 0.2) is 40.2 Å². The SMILES string of the molecule is O=C(O)c1ccn(-c2cc3c(=O)n(O)c(=O)[nH]c3cc2C(F)(F)F)c1. The molecule has 1 aromatic carbocycles. The lowest BCUT2D eigenvalue weighted by Crippen LogP contribution is -2.33. The van der Waals surface area contributed by atoms with E-state index in [0.717, 1.165) is 29.1 Å². The van der Waals surface area contributed by atoms with Crippen LogP contribution in [0.1, 0.15) is 15.9 Å². The Morgan fingerprint density at radius 3 is 2.44 bits per heavy atom. The molecule has 0 saturated carbocycles. The summed E-state index contributed by atoms with van der Waals surface area (Å²) in [7, 11) is 0. The third-order valence-electron chi connectivity index (χ3n) is 3.52. The molecule has 0 aliphatic heterocycles. The number of H-pyrrole nitrogens is 1. The number of benzene rings is 1. The highest BCUT2D eigenvalue weighted by molar-refractivity contribution is 5.88. The number of hydrogen-bond acceptors (Lipinski definition) is 4. The van der Waals surface area contributed by atoms with Crippen LogP contribution in [0.2, 0.25) is 0 Å². The van der Waals surface area contributed by atoms with E-state index < -0.39 is 40.2 Å². The number of carboxylic acids is 1. The fourth-order valence-electron chi connectivity index (χ4n) is 2.36. The van der Waals surface area contributed by atoms with E-state index in [2.05, 4.69) is 0 Å². The first-order valence-electron chi connectivity index (χ1n) is 6.61. The molecule has 25 heavy (non-hydrogen) atoms. The number of alkyl halides is 3. The summed E-state index contributed by atoms with van der Waals surface area (Å²) in [4.78, 5) is 36.2. The standard InChI is InChI=1S/C14H8F3N3O5/c15-14(16,17)8-4-9-7(11(21)20(25)13(24)18-9)3-10(8)19-2-1-6(5-19)12(22)23/h1-5,25H,(H,18,24)(H,22,23). The average molecular weight is 355 g/mol. The maximum Gasteiger partial charge on any atom is 0.418 e. The van der Waals surface area contributed by atoms with Crippen LogP contribution in [0.3, 0.4) is 0 Å². The van der Waals surface area contributed by atoms with Gasteiger partial charge in [-0.05, 0) is 18.2 Å². The summed E-state index contributed by atoms with van der Waals surface area (Å²) in [6.45, 7) is 0. The van der Waals surface area contributed by atoms with E-state index in [0.29, 0.717) is 6.07 Å². The first-order valence-corrected chi connectivity index (χ1v) is 6.61. The van der Waals surface area contributed by atoms with Crippen molar-refractivity contribution in [1.82, 2.24) is 14.3 Å². The molecule has 0 atom stereocenters. The fourth-order valence-corrected chi connectivity index (χ4v) is 2.36. The summed E-state index contributed by atoms with van der Waals surface area (Å²) in [6.07, 6.45) is -2.81. The van der Waals surface area contributed by atoms with Gasteiger partial charge in [-0.15, -0.1) is 0 Å². The van der Waals surface area contributed by atoms with E-state index in [1.807, 2.05) is 4.98 Å². The molecule has 0 saturated heterocycles. The Labute approximate surface area is 134 Å². The fraction of sp³-hybridized carbons (Fsp3) is 0.0714. The zero-order valence-electron chi connectivity index (χ0n) is 12.0. The molecular formula is C14H8F3N3O5. The lowest BCUT2D eigenvalue weighted by molar-refractivity contribution is -0.137. The lowest BCUT2D eigenvalue weighted by Gasteiger charge is -2.15. The molecule has 8 nitrogen and oxygen atoms in total. The molecule has 11 heteroatoms. The van der Waals surface area contributed by atoms with E-state index in [-0.39, 0.29) is 15.7 Å². The molecular weight excluding hydrogens is 347 g/mol. The summed E-state index contributed by atoms with van der Waals surface area (Å²) >= 11 is 0. The summed E-state index contributed by atoms with van der Waals surface area (Å²) < 4.78 is 40.7. The highest BCUT2D eigenvalue weighted by Crippen LogP contribution is 2.35. The Kier molecular flexibility index (Phi) is 3.44. The summed E-state index contributed by atoms with van der Waals surface area (Å²) in [5.74, 6) is -1.34. The molecule has 0 fully saturated rings. The Balaban J connectivity index is 2.41. The minimum atomic E-state index is -4.85. The number of nitrogens with one attached hydrogen (secondary N) is 1. The van der Waals surface area contributed by atoms with E-state index in [9.17, 15) is 32.8 Å². The van der Waals surface area contributed by atoms with Crippen LogP contribution < -0.4 is 11.2 Å². The van der Waals surface area contributed by atoms with Gasteiger partial charge in [-0.1, -0.05) is 4.73 Å². The predicted molar refractivity (Wildman–Crippen MR) is 77.3 cm³/mol. The molecule has 0 amide bonds. The first kappa shape index (κ1) is 16.4. The maximum absolute atomic E-state index is 13.4. The van der Waals surface area contributed by atoms with Gasteiger partial charge in [-0.25, -0.2) is 9.59 Å². The molecule has 0 bridgehead atoms. The second kappa shape index (κ2) is 5.26. The topological polar surface area (TPSA) is 117 Å². The summed E-state index contributed by atoms with van der Waals surface area (Å²) in [5, 5.41) is 17.8. The van der Waals surface area contributed by atoms with Crippen molar-refractivity contribution in [3.63, 3.8) is 0 Å². The van der Waals surface area contributed by atoms with Gasteiger partial charge in [0.2, 0.25) is 0 Å². The van der Waals surface area contributed by atoms with E-state index in [1.54, 1.807) is 0 Å². The van der Waals surface area contributed by atoms with Gasteiger partial charge < -0.3 is 19.9 Å². The third-order valence-corrected chi connectivity index (χ3v) is 3.52. The van der Waals surface area contributed by atoms with Crippen molar-refractivity contribution in [2.75, 3.05) is 0 Å². The molecule has 0 radical (unpaired) electrons. The van der Waals surface area contributed by atoms with Crippen molar-refractivity contribution in [2.45, 2.75) is 6.18 Å². The van der Waals surface area contributed by atoms with Gasteiger partial charge in [0.05, 0.1) is 27.7 Å². The highest BCUT2D eigenvalue weighted by atomic mass is 19.4. The van der Waals surface area contributed by atoms with Gasteiger partial charge in [0.1, 0.15) is 0 Å². The van der Waals surface area contributed by atoms with Crippen molar-refractivity contribution in [1.29, 1.82) is 0 Å². The molecule has 0 spiro atoms. The summed E-state index contributed by atoms with van der Waals surface area (Å²) in [5.41, 5.74) is -4.89. The van der Waals surface area contributed by atoms with E-state index in [4.69, 9.17) is 5.11 Å². The van der Waals surface area contributed by atoms with Gasteiger partial charge in [-0.2, -0.15) is 13.2 Å². The quantitative estimate of drug-likeness (QED) is 0.601. The molecule has 3 aromatic rings. The van der Waals surface area contributed by atoms with Crippen LogP contribution >= 0.6 is 0 Å². The monoisotopic (exact) mass is 355 g/mol. The number of rotatable bonds is 2. The molecule has 2 aromatic heterocycles. The Hall–Kier alpha value is -3.50. The van der Waals surface area contributed by atoms with Crippen molar-refractivity contribution in [3.05, 3.63) is 62.6 Å². The number of aromatic amines is 1. The minimum Gasteiger partial charge on any atom is -0.478 e. The highest BCUT2D eigenvalue weighted by Gasteiger charge is 2.35. The van der Waals surface area contributed by atoms with Crippen LogP contribution in [0, 0.1) is 0 Å². The first-order chi connectivity index (χ1) is 11.6. The molecule has 3 rings (SSSR count). The number of halogens is 3. The molecule has 0 unspecified atom stereocenters. The Bertz CT molecular complexity index is 1120. The Morgan fingerprint density at radius 1 is 1.20 bits per heavy atom. The molecule has 0 aliphatic carbocycles. The van der Waals surface area contributed by atoms with Crippen LogP contribution in [0.5, 0.6) is 0 Å². The van der Waals surface area contributed by atoms with Crippen LogP contribution in [0.4, 0.5) is 13.2 Å². The number of nitrogens with zero attached hydrogens (tertiary/aromatic N) is 2. The number of fused-ring (bicyclic) bond motifs is 1. The zero-order chi connectivity index (χ0) is 18.5. The number of carboxylic acid groups (broad SMARTS) is 1. The van der Waals surface area contributed by atoms with E-state index in [1.165, 1.54) is 0 Å². The van der Waals surface area contributed by atoms with Crippen LogP contribution in [0.25, 0.3) is 16.6 Å². The number of aromatic carboxylic acids is 1. The second-order valence-corrected chi connectivity index (χ2v) is 5.07. The lowest BCUT2D eigenvalue weighted by atomic mass is 10.1. The number of carbonyl (C=O) groups is 1. The Morgan fingerprint density at radius 2 is 1.88 bits per heavy atom. The molecule has 3 N–H and O–H groups in total. The van der Waals surface area contributed by atoms with Gasteiger partial charge in [0.15, 0.2) is 0 Å². The van der Waals surface area contributed by atoms with Crippen LogP contribution in [-0.4, -0.2) is 30.6 Å². The number of aromatic nitrogens is 3. The van der Waals surface area contributed by atoms with Crippen molar-refractivity contribution < 1.29 is 28.3 Å². The van der Waals surface area contributed by atoms with E-state index >= 15 is 0 Å². The van der Waals surface area contributed by atoms with Crippen molar-refractivity contribution in [3.8, 4) is 5.69 Å². The van der Waals surface area contributed by atoms with Gasteiger partial charge in [0.25, 0.3) is 5.56 Å². The van der Waals surface area contributed by atoms with Crippen molar-refractivity contribution in [2.24, 2.45) is 0 Å². The largest absolute Gasteiger partial charge is 0.478 e. The second-order valence-electron chi connectivity index (χ2n) is 5.07. The molecule has 2 heterocycles. The molecule has 130 valence electrons. The van der Waals surface area contributed by atoms with Crippen LogP contribution in [-0.2, 0) is 6.18 Å². The summed E-state index contributed by atoms with van der Waals surface area (Å²) in [6, 6.07) is 2.45. The predicted octanol–water partition coefficient (Wildman–Crippen LogP) is 1.43. The smallest absolute Gasteiger partial charge is 0.418 e. The van der Waals surface area contributed by atoms with Gasteiger partial charge >= 0.3 is 17.8 Å². The number of hydrogen-bond donors (Lipinski definition) is 3. The van der Waals surface area contributed by atoms with Gasteiger partial charge in [-0.3, -0.25) is 4.79 Å². The average Bonchev–Trinajstić information content (AvgIpc) is 3.01. The molecule has 0 aliphatic rings. The third kappa shape index (κ3) is 2.65. The zero-order valence-corrected chi connectivity index (χ0v) is 12.0.